The molecule has 29 heavy (non-hydrogen) atoms. The van der Waals surface area contributed by atoms with Gasteiger partial charge in [-0.3, -0.25) is 0 Å². The maximum Gasteiger partial charge on any atom is 0.343 e. The Morgan fingerprint density at radius 1 is 0.621 bits per heavy atom. The van der Waals surface area contributed by atoms with E-state index in [-0.39, 0.29) is 22.8 Å². The first-order valence-corrected chi connectivity index (χ1v) is 8.92. The molecule has 4 rings (SSSR count). The summed E-state index contributed by atoms with van der Waals surface area (Å²) < 4.78 is 11.2. The molecule has 0 aromatic heterocycles. The van der Waals surface area contributed by atoms with Crippen LogP contribution in [0.5, 0.6) is 17.2 Å². The van der Waals surface area contributed by atoms with E-state index in [1.54, 1.807) is 48.5 Å². The molecule has 0 fully saturated rings. The molecule has 5 nitrogen and oxygen atoms in total. The number of phenolic OH excluding ortho intramolecular Hbond substituents is 1. The Bertz CT molecular complexity index is 1180. The van der Waals surface area contributed by atoms with Gasteiger partial charge in [0.2, 0.25) is 0 Å². The van der Waals surface area contributed by atoms with Crippen LogP contribution in [0.25, 0.3) is 10.8 Å². The van der Waals surface area contributed by atoms with Crippen LogP contribution >= 0.6 is 0 Å². The molecule has 0 unspecified atom stereocenters. The molecule has 0 bridgehead atoms. The normalized spacial score (nSPS) is 10.5. The zero-order valence-electron chi connectivity index (χ0n) is 15.2. The molecular weight excluding hydrogens is 368 g/mol. The van der Waals surface area contributed by atoms with E-state index in [1.165, 1.54) is 24.3 Å². The van der Waals surface area contributed by atoms with Gasteiger partial charge in [0.1, 0.15) is 5.75 Å². The molecule has 0 heterocycles. The Balaban J connectivity index is 1.71. The van der Waals surface area contributed by atoms with Crippen molar-refractivity contribution in [1.29, 1.82) is 0 Å². The van der Waals surface area contributed by atoms with Crippen LogP contribution in [-0.4, -0.2) is 17.0 Å². The van der Waals surface area contributed by atoms with E-state index in [0.717, 1.165) is 5.39 Å². The summed E-state index contributed by atoms with van der Waals surface area (Å²) in [5, 5.41) is 10.9. The maximum atomic E-state index is 12.6. The van der Waals surface area contributed by atoms with Crippen molar-refractivity contribution in [1.82, 2.24) is 0 Å². The van der Waals surface area contributed by atoms with Crippen LogP contribution in [0.3, 0.4) is 0 Å². The van der Waals surface area contributed by atoms with E-state index < -0.39 is 11.9 Å². The first-order chi connectivity index (χ1) is 14.1. The summed E-state index contributed by atoms with van der Waals surface area (Å²) >= 11 is 0. The van der Waals surface area contributed by atoms with E-state index in [9.17, 15) is 14.7 Å². The molecule has 0 aliphatic heterocycles. The summed E-state index contributed by atoms with van der Waals surface area (Å²) in [6.07, 6.45) is 0. The van der Waals surface area contributed by atoms with Gasteiger partial charge in [-0.2, -0.15) is 0 Å². The van der Waals surface area contributed by atoms with E-state index in [1.807, 2.05) is 18.2 Å². The van der Waals surface area contributed by atoms with Crippen molar-refractivity contribution in [2.45, 2.75) is 0 Å². The first-order valence-electron chi connectivity index (χ1n) is 8.92. The van der Waals surface area contributed by atoms with Gasteiger partial charge in [-0.15, -0.1) is 0 Å². The summed E-state index contributed by atoms with van der Waals surface area (Å²) in [4.78, 5) is 25.1. The lowest BCUT2D eigenvalue weighted by Crippen LogP contribution is -2.12. The molecule has 0 aliphatic carbocycles. The lowest BCUT2D eigenvalue weighted by Gasteiger charge is -2.13. The standard InChI is InChI=1S/C24H16O5/c25-19-13-10-18(11-14-19)23(26)28-21-15-12-16-6-4-5-9-20(16)22(21)29-24(27)17-7-2-1-3-8-17/h1-15,25H. The Morgan fingerprint density at radius 3 is 2.00 bits per heavy atom. The second-order valence-corrected chi connectivity index (χ2v) is 6.31. The highest BCUT2D eigenvalue weighted by molar-refractivity contribution is 5.98. The third-order valence-corrected chi connectivity index (χ3v) is 4.35. The zero-order chi connectivity index (χ0) is 20.2. The number of esters is 2. The number of fused-ring (bicyclic) bond motifs is 1. The molecule has 5 heteroatoms. The summed E-state index contributed by atoms with van der Waals surface area (Å²) in [7, 11) is 0. The number of benzene rings is 4. The lowest BCUT2D eigenvalue weighted by atomic mass is 10.1. The van der Waals surface area contributed by atoms with Crippen molar-refractivity contribution in [3.8, 4) is 17.2 Å². The summed E-state index contributed by atoms with van der Waals surface area (Å²) in [6, 6.07) is 25.0. The quantitative estimate of drug-likeness (QED) is 0.397. The highest BCUT2D eigenvalue weighted by Crippen LogP contribution is 2.36. The molecule has 0 amide bonds. The number of hydrogen-bond acceptors (Lipinski definition) is 5. The van der Waals surface area contributed by atoms with Gasteiger partial charge < -0.3 is 14.6 Å². The monoisotopic (exact) mass is 384 g/mol. The largest absolute Gasteiger partial charge is 0.508 e. The Morgan fingerprint density at radius 2 is 1.24 bits per heavy atom. The van der Waals surface area contributed by atoms with Crippen LogP contribution in [0.2, 0.25) is 0 Å². The van der Waals surface area contributed by atoms with Gasteiger partial charge in [-0.1, -0.05) is 48.5 Å². The molecule has 0 saturated heterocycles. The number of aromatic hydroxyl groups is 1. The van der Waals surface area contributed by atoms with Crippen LogP contribution in [0.1, 0.15) is 20.7 Å². The van der Waals surface area contributed by atoms with E-state index in [4.69, 9.17) is 9.47 Å². The molecule has 0 saturated carbocycles. The highest BCUT2D eigenvalue weighted by atomic mass is 16.6. The number of ether oxygens (including phenoxy) is 2. The minimum atomic E-state index is -0.628. The minimum Gasteiger partial charge on any atom is -0.508 e. The predicted octanol–water partition coefficient (Wildman–Crippen LogP) is 4.98. The van der Waals surface area contributed by atoms with Gasteiger partial charge in [0.15, 0.2) is 11.5 Å². The number of phenols is 1. The van der Waals surface area contributed by atoms with Gasteiger partial charge in [-0.05, 0) is 47.9 Å². The van der Waals surface area contributed by atoms with Gasteiger partial charge in [0, 0.05) is 5.39 Å². The summed E-state index contributed by atoms with van der Waals surface area (Å²) in [5.74, 6) is -0.832. The molecule has 1 N–H and O–H groups in total. The zero-order valence-corrected chi connectivity index (χ0v) is 15.2. The second-order valence-electron chi connectivity index (χ2n) is 6.31. The van der Waals surface area contributed by atoms with Crippen molar-refractivity contribution in [3.05, 3.63) is 102 Å². The first kappa shape index (κ1) is 18.3. The summed E-state index contributed by atoms with van der Waals surface area (Å²) in [5.41, 5.74) is 0.646. The molecule has 0 radical (unpaired) electrons. The SMILES string of the molecule is O=C(Oc1ccc2ccccc2c1OC(=O)c1ccccc1)c1ccc(O)cc1. The van der Waals surface area contributed by atoms with E-state index in [2.05, 4.69) is 0 Å². The van der Waals surface area contributed by atoms with Crippen LogP contribution in [-0.2, 0) is 0 Å². The Labute approximate surface area is 166 Å². The third-order valence-electron chi connectivity index (χ3n) is 4.35. The van der Waals surface area contributed by atoms with Crippen molar-refractivity contribution >= 4 is 22.7 Å². The fourth-order valence-corrected chi connectivity index (χ4v) is 2.89. The van der Waals surface area contributed by atoms with Gasteiger partial charge in [0.25, 0.3) is 0 Å². The molecule has 142 valence electrons. The molecule has 0 atom stereocenters. The third kappa shape index (κ3) is 3.94. The fourth-order valence-electron chi connectivity index (χ4n) is 2.89. The molecule has 4 aromatic rings. The predicted molar refractivity (Wildman–Crippen MR) is 108 cm³/mol. The van der Waals surface area contributed by atoms with Crippen LogP contribution < -0.4 is 9.47 Å². The lowest BCUT2D eigenvalue weighted by molar-refractivity contribution is 0.0684. The van der Waals surface area contributed by atoms with Crippen molar-refractivity contribution in [2.75, 3.05) is 0 Å². The van der Waals surface area contributed by atoms with Crippen molar-refractivity contribution in [2.24, 2.45) is 0 Å². The number of rotatable bonds is 4. The molecular formula is C24H16O5. The van der Waals surface area contributed by atoms with Gasteiger partial charge >= 0.3 is 11.9 Å². The Kier molecular flexibility index (Phi) is 4.95. The average molecular weight is 384 g/mol. The number of hydrogen-bond donors (Lipinski definition) is 1. The minimum absolute atomic E-state index is 0.0461. The number of carbonyl (C=O) groups excluding carboxylic acids is 2. The Hall–Kier alpha value is -4.12. The van der Waals surface area contributed by atoms with Gasteiger partial charge in [0.05, 0.1) is 11.1 Å². The highest BCUT2D eigenvalue weighted by Gasteiger charge is 2.19. The van der Waals surface area contributed by atoms with Crippen LogP contribution in [0.4, 0.5) is 0 Å². The topological polar surface area (TPSA) is 72.8 Å². The van der Waals surface area contributed by atoms with Gasteiger partial charge in [-0.25, -0.2) is 9.59 Å². The van der Waals surface area contributed by atoms with E-state index >= 15 is 0 Å². The molecule has 4 aromatic carbocycles. The van der Waals surface area contributed by atoms with Crippen molar-refractivity contribution in [3.63, 3.8) is 0 Å². The molecule has 0 aliphatic rings. The van der Waals surface area contributed by atoms with Crippen LogP contribution in [0.15, 0.2) is 91.0 Å². The smallest absolute Gasteiger partial charge is 0.343 e. The van der Waals surface area contributed by atoms with Crippen LogP contribution in [0, 0.1) is 0 Å². The van der Waals surface area contributed by atoms with E-state index in [0.29, 0.717) is 10.9 Å². The average Bonchev–Trinajstić information content (AvgIpc) is 2.76. The fraction of sp³-hybridized carbons (Fsp3) is 0. The second kappa shape index (κ2) is 7.86. The summed E-state index contributed by atoms with van der Waals surface area (Å²) in [6.45, 7) is 0. The maximum absolute atomic E-state index is 12.6. The number of carbonyl (C=O) groups is 2. The molecule has 0 spiro atoms. The van der Waals surface area contributed by atoms with Crippen molar-refractivity contribution < 1.29 is 24.2 Å².